The summed E-state index contributed by atoms with van der Waals surface area (Å²) in [6.07, 6.45) is 11.7. The van der Waals surface area contributed by atoms with E-state index in [1.807, 2.05) is 48.8 Å². The van der Waals surface area contributed by atoms with Gasteiger partial charge in [0.2, 0.25) is 5.95 Å². The molecule has 0 amide bonds. The van der Waals surface area contributed by atoms with Crippen molar-refractivity contribution in [3.05, 3.63) is 42.9 Å². The van der Waals surface area contributed by atoms with Gasteiger partial charge in [0.15, 0.2) is 0 Å². The van der Waals surface area contributed by atoms with E-state index < -0.39 is 0 Å². The molecule has 1 saturated heterocycles. The number of hydrogen-bond acceptors (Lipinski definition) is 5. The Morgan fingerprint density at radius 3 is 2.75 bits per heavy atom. The van der Waals surface area contributed by atoms with Gasteiger partial charge in [-0.05, 0) is 12.5 Å². The monoisotopic (exact) mass is 321 g/mol. The lowest BCUT2D eigenvalue weighted by Crippen LogP contribution is -2.29. The van der Waals surface area contributed by atoms with Gasteiger partial charge >= 0.3 is 0 Å². The third kappa shape index (κ3) is 2.04. The van der Waals surface area contributed by atoms with E-state index in [2.05, 4.69) is 29.5 Å². The first-order valence-electron chi connectivity index (χ1n) is 8.28. The normalized spacial score (nSPS) is 22.5. The molecule has 1 spiro atoms. The van der Waals surface area contributed by atoms with Gasteiger partial charge in [-0.1, -0.05) is 0 Å². The molecule has 7 heteroatoms. The van der Waals surface area contributed by atoms with Crippen molar-refractivity contribution < 1.29 is 0 Å². The lowest BCUT2D eigenvalue weighted by Gasteiger charge is -2.23. The molecule has 1 fully saturated rings. The molecule has 1 atom stereocenters. The van der Waals surface area contributed by atoms with Crippen LogP contribution in [0.2, 0.25) is 0 Å². The Labute approximate surface area is 140 Å². The van der Waals surface area contributed by atoms with Gasteiger partial charge in [0.25, 0.3) is 0 Å². The molecule has 3 aromatic rings. The van der Waals surface area contributed by atoms with Gasteiger partial charge in [-0.2, -0.15) is 5.10 Å². The lowest BCUT2D eigenvalue weighted by molar-refractivity contribution is 0.320. The molecular formula is C17H19N7. The summed E-state index contributed by atoms with van der Waals surface area (Å²) in [5.74, 6) is 2.02. The summed E-state index contributed by atoms with van der Waals surface area (Å²) < 4.78 is 4.20. The smallest absolute Gasteiger partial charge is 0.225 e. The molecule has 5 rings (SSSR count). The average molecular weight is 321 g/mol. The summed E-state index contributed by atoms with van der Waals surface area (Å²) >= 11 is 0. The van der Waals surface area contributed by atoms with Crippen molar-refractivity contribution in [2.75, 3.05) is 18.0 Å². The third-order valence-electron chi connectivity index (χ3n) is 5.24. The number of nitrogens with zero attached hydrogens (tertiary/aromatic N) is 7. The van der Waals surface area contributed by atoms with E-state index in [4.69, 9.17) is 0 Å². The summed E-state index contributed by atoms with van der Waals surface area (Å²) in [4.78, 5) is 15.8. The highest BCUT2D eigenvalue weighted by Gasteiger charge is 2.45. The Kier molecular flexibility index (Phi) is 2.80. The molecule has 2 aliphatic heterocycles. The number of hydrogen-bond donors (Lipinski definition) is 0. The van der Waals surface area contributed by atoms with E-state index in [9.17, 15) is 0 Å². The maximum atomic E-state index is 4.68. The zero-order chi connectivity index (χ0) is 16.1. The fourth-order valence-electron chi connectivity index (χ4n) is 4.08. The minimum Gasteiger partial charge on any atom is -0.340 e. The second-order valence-electron chi connectivity index (χ2n) is 6.95. The number of rotatable bonds is 2. The van der Waals surface area contributed by atoms with Crippen LogP contribution in [0.15, 0.2) is 37.1 Å². The second-order valence-corrected chi connectivity index (χ2v) is 6.95. The van der Waals surface area contributed by atoms with E-state index >= 15 is 0 Å². The predicted octanol–water partition coefficient (Wildman–Crippen LogP) is 1.53. The molecule has 0 aliphatic carbocycles. The van der Waals surface area contributed by atoms with Crippen molar-refractivity contribution in [2.24, 2.45) is 12.5 Å². The summed E-state index contributed by atoms with van der Waals surface area (Å²) in [7, 11) is 1.95. The minimum absolute atomic E-state index is 0.250. The molecule has 0 aromatic carbocycles. The summed E-state index contributed by atoms with van der Waals surface area (Å²) in [6, 6.07) is 1.86. The molecule has 24 heavy (non-hydrogen) atoms. The first-order valence-corrected chi connectivity index (χ1v) is 8.28. The molecular weight excluding hydrogens is 302 g/mol. The summed E-state index contributed by atoms with van der Waals surface area (Å²) in [6.45, 7) is 3.01. The van der Waals surface area contributed by atoms with Gasteiger partial charge in [0, 0.05) is 62.7 Å². The van der Waals surface area contributed by atoms with Crippen molar-refractivity contribution in [1.29, 1.82) is 0 Å². The van der Waals surface area contributed by atoms with E-state index in [1.54, 1.807) is 0 Å². The molecule has 7 nitrogen and oxygen atoms in total. The van der Waals surface area contributed by atoms with Crippen LogP contribution in [0.3, 0.4) is 0 Å². The molecule has 3 aromatic heterocycles. The van der Waals surface area contributed by atoms with Gasteiger partial charge in [0.1, 0.15) is 5.82 Å². The maximum absolute atomic E-state index is 4.68. The van der Waals surface area contributed by atoms with Crippen molar-refractivity contribution in [3.8, 4) is 11.3 Å². The van der Waals surface area contributed by atoms with Crippen LogP contribution in [0.4, 0.5) is 5.95 Å². The highest BCUT2D eigenvalue weighted by atomic mass is 15.3. The average Bonchev–Trinajstić information content (AvgIpc) is 3.34. The van der Waals surface area contributed by atoms with Crippen LogP contribution in [-0.4, -0.2) is 42.4 Å². The Morgan fingerprint density at radius 2 is 1.96 bits per heavy atom. The van der Waals surface area contributed by atoms with Crippen LogP contribution in [-0.2, 0) is 20.0 Å². The Morgan fingerprint density at radius 1 is 1.08 bits per heavy atom. The van der Waals surface area contributed by atoms with Gasteiger partial charge in [-0.25, -0.2) is 15.0 Å². The van der Waals surface area contributed by atoms with Crippen LogP contribution in [0.5, 0.6) is 0 Å². The SMILES string of the molecule is Cn1cc(-c2cnc3n2CC2(CCN(c4ncccn4)C2)C3)cn1. The van der Waals surface area contributed by atoms with Gasteiger partial charge in [-0.3, -0.25) is 4.68 Å². The molecule has 0 bridgehead atoms. The van der Waals surface area contributed by atoms with E-state index in [0.717, 1.165) is 44.0 Å². The Bertz CT molecular complexity index is 881. The topological polar surface area (TPSA) is 64.7 Å². The molecule has 5 heterocycles. The minimum atomic E-state index is 0.250. The third-order valence-corrected chi connectivity index (χ3v) is 5.24. The van der Waals surface area contributed by atoms with Crippen LogP contribution < -0.4 is 4.90 Å². The van der Waals surface area contributed by atoms with Gasteiger partial charge in [-0.15, -0.1) is 0 Å². The van der Waals surface area contributed by atoms with Gasteiger partial charge in [0.05, 0.1) is 18.1 Å². The predicted molar refractivity (Wildman–Crippen MR) is 89.4 cm³/mol. The second kappa shape index (κ2) is 4.90. The standard InChI is InChI=1S/C17H19N7/c1-22-10-13(8-21-22)14-9-20-15-7-17(12-24(14)15)3-6-23(11-17)16-18-4-2-5-19-16/h2,4-5,8-10H,3,6-7,11-12H2,1H3. The first-order chi connectivity index (χ1) is 11.7. The van der Waals surface area contributed by atoms with Crippen molar-refractivity contribution in [3.63, 3.8) is 0 Å². The van der Waals surface area contributed by atoms with Crippen LogP contribution in [0.1, 0.15) is 12.2 Å². The van der Waals surface area contributed by atoms with E-state index in [-0.39, 0.29) is 5.41 Å². The number of anilines is 1. The molecule has 0 N–H and O–H groups in total. The number of aryl methyl sites for hydroxylation is 1. The van der Waals surface area contributed by atoms with E-state index in [0.29, 0.717) is 0 Å². The van der Waals surface area contributed by atoms with E-state index in [1.165, 1.54) is 11.5 Å². The Hall–Kier alpha value is -2.70. The highest BCUT2D eigenvalue weighted by Crippen LogP contribution is 2.43. The maximum Gasteiger partial charge on any atom is 0.225 e. The number of fused-ring (bicyclic) bond motifs is 1. The Balaban J connectivity index is 1.42. The fourth-order valence-corrected chi connectivity index (χ4v) is 4.08. The lowest BCUT2D eigenvalue weighted by atomic mass is 9.86. The van der Waals surface area contributed by atoms with Crippen LogP contribution >= 0.6 is 0 Å². The highest BCUT2D eigenvalue weighted by molar-refractivity contribution is 5.58. The van der Waals surface area contributed by atoms with Crippen molar-refractivity contribution in [1.82, 2.24) is 29.3 Å². The fraction of sp³-hybridized carbons (Fsp3) is 0.412. The quantitative estimate of drug-likeness (QED) is 0.716. The summed E-state index contributed by atoms with van der Waals surface area (Å²) in [5, 5.41) is 4.29. The molecule has 0 saturated carbocycles. The molecule has 0 radical (unpaired) electrons. The number of aromatic nitrogens is 6. The molecule has 2 aliphatic rings. The van der Waals surface area contributed by atoms with Crippen molar-refractivity contribution in [2.45, 2.75) is 19.4 Å². The van der Waals surface area contributed by atoms with Gasteiger partial charge < -0.3 is 9.47 Å². The number of imidazole rings is 1. The zero-order valence-corrected chi connectivity index (χ0v) is 13.6. The first kappa shape index (κ1) is 13.7. The largest absolute Gasteiger partial charge is 0.340 e. The molecule has 1 unspecified atom stereocenters. The summed E-state index contributed by atoms with van der Waals surface area (Å²) in [5.41, 5.74) is 2.55. The van der Waals surface area contributed by atoms with Crippen LogP contribution in [0.25, 0.3) is 11.3 Å². The van der Waals surface area contributed by atoms with Crippen molar-refractivity contribution >= 4 is 5.95 Å². The zero-order valence-electron chi connectivity index (χ0n) is 13.6. The van der Waals surface area contributed by atoms with Crippen LogP contribution in [0, 0.1) is 5.41 Å². The molecule has 122 valence electrons.